The lowest BCUT2D eigenvalue weighted by atomic mass is 9.74. The fourth-order valence-corrected chi connectivity index (χ4v) is 6.42. The summed E-state index contributed by atoms with van der Waals surface area (Å²) < 4.78 is 17.1. The molecule has 3 fully saturated rings. The van der Waals surface area contributed by atoms with E-state index in [0.717, 1.165) is 25.7 Å². The summed E-state index contributed by atoms with van der Waals surface area (Å²) in [6.45, 7) is 3.38. The average Bonchev–Trinajstić information content (AvgIpc) is 3.55. The molecule has 0 radical (unpaired) electrons. The SMILES string of the molecule is CCOCCCN1C(=O)C2C(C(=O)Nc3ccc(OC)cc3)C3C=CC2(O3)C1C(=O)NC1CCCCC1. The van der Waals surface area contributed by atoms with Gasteiger partial charge in [-0.15, -0.1) is 0 Å². The zero-order valence-corrected chi connectivity index (χ0v) is 21.6. The van der Waals surface area contributed by atoms with Gasteiger partial charge in [0.1, 0.15) is 17.4 Å². The maximum absolute atomic E-state index is 13.9. The number of rotatable bonds is 10. The maximum atomic E-state index is 13.9. The van der Waals surface area contributed by atoms with E-state index in [1.165, 1.54) is 6.42 Å². The highest BCUT2D eigenvalue weighted by atomic mass is 16.5. The highest BCUT2D eigenvalue weighted by molar-refractivity contribution is 6.02. The number of carbonyl (C=O) groups is 3. The second-order valence-electron chi connectivity index (χ2n) is 10.3. The molecule has 3 aliphatic heterocycles. The lowest BCUT2D eigenvalue weighted by Crippen LogP contribution is -2.56. The van der Waals surface area contributed by atoms with Crippen LogP contribution < -0.4 is 15.4 Å². The standard InChI is InChI=1S/C28H37N3O6/c1-3-36-17-7-16-31-24(26(33)30-18-8-5-4-6-9-18)28-15-14-21(37-28)22(23(28)27(31)34)25(32)29-19-10-12-20(35-2)13-11-19/h10-15,18,21-24H,3-9,16-17H2,1-2H3,(H,29,32)(H,30,33). The van der Waals surface area contributed by atoms with Crippen LogP contribution in [0.5, 0.6) is 5.75 Å². The molecular weight excluding hydrogens is 474 g/mol. The van der Waals surface area contributed by atoms with Crippen LogP contribution >= 0.6 is 0 Å². The summed E-state index contributed by atoms with van der Waals surface area (Å²) in [6, 6.07) is 6.34. The van der Waals surface area contributed by atoms with E-state index in [-0.39, 0.29) is 23.8 Å². The summed E-state index contributed by atoms with van der Waals surface area (Å²) in [5, 5.41) is 6.14. The molecule has 1 aromatic carbocycles. The van der Waals surface area contributed by atoms with Crippen molar-refractivity contribution in [1.29, 1.82) is 0 Å². The molecule has 0 aromatic heterocycles. The van der Waals surface area contributed by atoms with E-state index in [9.17, 15) is 14.4 Å². The van der Waals surface area contributed by atoms with E-state index in [0.29, 0.717) is 37.6 Å². The summed E-state index contributed by atoms with van der Waals surface area (Å²) >= 11 is 0. The normalized spacial score (nSPS) is 30.4. The summed E-state index contributed by atoms with van der Waals surface area (Å²) in [6.07, 6.45) is 8.99. The number of carbonyl (C=O) groups excluding carboxylic acids is 3. The molecule has 9 heteroatoms. The Labute approximate surface area is 217 Å². The van der Waals surface area contributed by atoms with Gasteiger partial charge in [-0.1, -0.05) is 31.4 Å². The van der Waals surface area contributed by atoms with Crippen LogP contribution in [-0.2, 0) is 23.9 Å². The second-order valence-corrected chi connectivity index (χ2v) is 10.3. The third-order valence-electron chi connectivity index (χ3n) is 8.13. The zero-order valence-electron chi connectivity index (χ0n) is 21.6. The van der Waals surface area contributed by atoms with Crippen LogP contribution in [0.15, 0.2) is 36.4 Å². The first kappa shape index (κ1) is 25.7. The van der Waals surface area contributed by atoms with Crippen LogP contribution in [0.2, 0.25) is 0 Å². The Morgan fingerprint density at radius 1 is 1.14 bits per heavy atom. The van der Waals surface area contributed by atoms with Gasteiger partial charge in [0.15, 0.2) is 0 Å². The fourth-order valence-electron chi connectivity index (χ4n) is 6.42. The number of anilines is 1. The Balaban J connectivity index is 1.39. The van der Waals surface area contributed by atoms with Gasteiger partial charge in [0.05, 0.1) is 25.0 Å². The van der Waals surface area contributed by atoms with Crippen molar-refractivity contribution < 1.29 is 28.6 Å². The van der Waals surface area contributed by atoms with Gasteiger partial charge in [0.2, 0.25) is 17.7 Å². The van der Waals surface area contributed by atoms with Crippen molar-refractivity contribution in [3.63, 3.8) is 0 Å². The molecule has 1 saturated carbocycles. The van der Waals surface area contributed by atoms with Gasteiger partial charge in [-0.3, -0.25) is 14.4 Å². The molecule has 1 spiro atoms. The molecule has 200 valence electrons. The largest absolute Gasteiger partial charge is 0.497 e. The lowest BCUT2D eigenvalue weighted by molar-refractivity contribution is -0.141. The van der Waals surface area contributed by atoms with Crippen molar-refractivity contribution in [2.24, 2.45) is 11.8 Å². The molecule has 5 unspecified atom stereocenters. The van der Waals surface area contributed by atoms with Gasteiger partial charge in [-0.05, 0) is 50.5 Å². The van der Waals surface area contributed by atoms with Crippen LogP contribution in [-0.4, -0.2) is 73.3 Å². The molecular formula is C28H37N3O6. The Morgan fingerprint density at radius 3 is 2.59 bits per heavy atom. The molecule has 37 heavy (non-hydrogen) atoms. The van der Waals surface area contributed by atoms with Crippen molar-refractivity contribution in [1.82, 2.24) is 10.2 Å². The third-order valence-corrected chi connectivity index (χ3v) is 8.13. The molecule has 2 saturated heterocycles. The first-order valence-corrected chi connectivity index (χ1v) is 13.5. The fraction of sp³-hybridized carbons (Fsp3) is 0.607. The number of fused-ring (bicyclic) bond motifs is 1. The number of nitrogens with zero attached hydrogens (tertiary/aromatic N) is 1. The molecule has 3 heterocycles. The van der Waals surface area contributed by atoms with Crippen molar-refractivity contribution in [3.8, 4) is 5.75 Å². The predicted molar refractivity (Wildman–Crippen MR) is 137 cm³/mol. The predicted octanol–water partition coefficient (Wildman–Crippen LogP) is 2.66. The summed E-state index contributed by atoms with van der Waals surface area (Å²) in [4.78, 5) is 42.8. The van der Waals surface area contributed by atoms with E-state index in [2.05, 4.69) is 10.6 Å². The molecule has 5 atom stereocenters. The van der Waals surface area contributed by atoms with E-state index in [4.69, 9.17) is 14.2 Å². The van der Waals surface area contributed by atoms with Gasteiger partial charge >= 0.3 is 0 Å². The minimum absolute atomic E-state index is 0.105. The number of hydrogen-bond acceptors (Lipinski definition) is 6. The van der Waals surface area contributed by atoms with Gasteiger partial charge in [0, 0.05) is 31.5 Å². The van der Waals surface area contributed by atoms with Crippen LogP contribution in [0.4, 0.5) is 5.69 Å². The minimum Gasteiger partial charge on any atom is -0.497 e. The monoisotopic (exact) mass is 511 g/mol. The van der Waals surface area contributed by atoms with Gasteiger partial charge < -0.3 is 29.7 Å². The van der Waals surface area contributed by atoms with E-state index in [1.54, 1.807) is 36.3 Å². The van der Waals surface area contributed by atoms with Crippen molar-refractivity contribution in [2.75, 3.05) is 32.2 Å². The Morgan fingerprint density at radius 2 is 1.89 bits per heavy atom. The van der Waals surface area contributed by atoms with Gasteiger partial charge in [-0.2, -0.15) is 0 Å². The maximum Gasteiger partial charge on any atom is 0.246 e. The molecule has 9 nitrogen and oxygen atoms in total. The molecule has 5 rings (SSSR count). The molecule has 3 amide bonds. The lowest BCUT2D eigenvalue weighted by Gasteiger charge is -2.34. The van der Waals surface area contributed by atoms with Crippen LogP contribution in [0.25, 0.3) is 0 Å². The quantitative estimate of drug-likeness (QED) is 0.370. The highest BCUT2D eigenvalue weighted by Crippen LogP contribution is 2.55. The molecule has 2 N–H and O–H groups in total. The van der Waals surface area contributed by atoms with Crippen molar-refractivity contribution >= 4 is 23.4 Å². The van der Waals surface area contributed by atoms with Crippen molar-refractivity contribution in [3.05, 3.63) is 36.4 Å². The van der Waals surface area contributed by atoms with Crippen LogP contribution in [0.3, 0.4) is 0 Å². The Bertz CT molecular complexity index is 1040. The average molecular weight is 512 g/mol. The number of likely N-dealkylation sites (tertiary alicyclic amines) is 1. The van der Waals surface area contributed by atoms with Gasteiger partial charge in [-0.25, -0.2) is 0 Å². The first-order valence-electron chi connectivity index (χ1n) is 13.5. The zero-order chi connectivity index (χ0) is 26.0. The van der Waals surface area contributed by atoms with Crippen molar-refractivity contribution in [2.45, 2.75) is 69.2 Å². The summed E-state index contributed by atoms with van der Waals surface area (Å²) in [5.41, 5.74) is -0.536. The van der Waals surface area contributed by atoms with Crippen LogP contribution in [0.1, 0.15) is 45.4 Å². The number of hydrogen-bond donors (Lipinski definition) is 2. The summed E-state index contributed by atoms with van der Waals surface area (Å²) in [7, 11) is 1.58. The minimum atomic E-state index is -1.14. The topological polar surface area (TPSA) is 106 Å². The van der Waals surface area contributed by atoms with E-state index in [1.807, 2.05) is 19.1 Å². The molecule has 1 aliphatic carbocycles. The smallest absolute Gasteiger partial charge is 0.246 e. The summed E-state index contributed by atoms with van der Waals surface area (Å²) in [5.74, 6) is -1.48. The van der Waals surface area contributed by atoms with Gasteiger partial charge in [0.25, 0.3) is 0 Å². The third kappa shape index (κ3) is 4.75. The Hall–Kier alpha value is -2.91. The van der Waals surface area contributed by atoms with E-state index >= 15 is 0 Å². The van der Waals surface area contributed by atoms with E-state index < -0.39 is 29.6 Å². The number of amides is 3. The number of nitrogens with one attached hydrogen (secondary N) is 2. The molecule has 2 bridgehead atoms. The number of ether oxygens (including phenoxy) is 3. The second kappa shape index (κ2) is 10.8. The van der Waals surface area contributed by atoms with Crippen LogP contribution in [0, 0.1) is 11.8 Å². The Kier molecular flexibility index (Phi) is 7.53. The number of benzene rings is 1. The highest BCUT2D eigenvalue weighted by Gasteiger charge is 2.72. The molecule has 1 aromatic rings. The molecule has 4 aliphatic rings. The first-order chi connectivity index (χ1) is 18.0. The number of methoxy groups -OCH3 is 1.